The van der Waals surface area contributed by atoms with Gasteiger partial charge in [-0.15, -0.1) is 0 Å². The van der Waals surface area contributed by atoms with Crippen LogP contribution in [0.2, 0.25) is 0 Å². The largest absolute Gasteiger partial charge is 0.497 e. The number of benzene rings is 2. The van der Waals surface area contributed by atoms with Crippen molar-refractivity contribution in [2.45, 2.75) is 10.3 Å². The normalized spacial score (nSPS) is 13.2. The van der Waals surface area contributed by atoms with Gasteiger partial charge in [-0.2, -0.15) is 0 Å². The Balaban J connectivity index is 2.09. The third-order valence-electron chi connectivity index (χ3n) is 3.62. The van der Waals surface area contributed by atoms with Crippen LogP contribution in [0.4, 0.5) is 4.39 Å². The van der Waals surface area contributed by atoms with Crippen molar-refractivity contribution >= 4 is 20.7 Å². The fourth-order valence-corrected chi connectivity index (χ4v) is 3.68. The molecule has 2 aromatic carbocycles. The third kappa shape index (κ3) is 2.69. The number of H-pyrrole nitrogens is 1. The number of ether oxygens (including phenoxy) is 1. The minimum atomic E-state index is -4.06. The number of hydrogen-bond acceptors (Lipinski definition) is 4. The number of nitrogens with one attached hydrogen (secondary N) is 1. The van der Waals surface area contributed by atoms with E-state index in [1.54, 1.807) is 18.2 Å². The lowest BCUT2D eigenvalue weighted by Crippen LogP contribution is -2.13. The van der Waals surface area contributed by atoms with Gasteiger partial charge >= 0.3 is 0 Å². The minimum Gasteiger partial charge on any atom is -0.497 e. The first-order chi connectivity index (χ1) is 10.9. The van der Waals surface area contributed by atoms with Gasteiger partial charge in [-0.1, -0.05) is 0 Å². The molecule has 5 nitrogen and oxygen atoms in total. The summed E-state index contributed by atoms with van der Waals surface area (Å²) in [5, 5.41) is 10.9. The minimum absolute atomic E-state index is 0.149. The highest BCUT2D eigenvalue weighted by Gasteiger charge is 2.29. The maximum absolute atomic E-state index is 13.0. The molecule has 2 N–H and O–H groups in total. The van der Waals surface area contributed by atoms with E-state index in [9.17, 15) is 17.9 Å². The van der Waals surface area contributed by atoms with E-state index in [0.29, 0.717) is 16.7 Å². The molecular weight excluding hydrogens is 321 g/mol. The van der Waals surface area contributed by atoms with Crippen molar-refractivity contribution in [1.29, 1.82) is 0 Å². The van der Waals surface area contributed by atoms with Crippen LogP contribution >= 0.6 is 0 Å². The highest BCUT2D eigenvalue weighted by atomic mass is 32.2. The van der Waals surface area contributed by atoms with Crippen LogP contribution < -0.4 is 4.74 Å². The van der Waals surface area contributed by atoms with Crippen LogP contribution in [0.15, 0.2) is 53.6 Å². The molecular formula is C16H14FNO4S. The predicted octanol–water partition coefficient (Wildman–Crippen LogP) is 2.78. The summed E-state index contributed by atoms with van der Waals surface area (Å²) in [5.74, 6) is 0.000000502. The Hall–Kier alpha value is -2.38. The Labute approximate surface area is 132 Å². The van der Waals surface area contributed by atoms with E-state index >= 15 is 0 Å². The Kier molecular flexibility index (Phi) is 3.83. The van der Waals surface area contributed by atoms with E-state index in [1.165, 1.54) is 13.3 Å². The SMILES string of the molecule is COc1ccc2[nH]cc(C(O)S(=O)(=O)c3ccc(F)cc3)c2c1. The van der Waals surface area contributed by atoms with Crippen molar-refractivity contribution in [1.82, 2.24) is 4.98 Å². The van der Waals surface area contributed by atoms with Crippen LogP contribution in [-0.2, 0) is 9.84 Å². The molecule has 0 aliphatic rings. The summed E-state index contributed by atoms with van der Waals surface area (Å²) in [7, 11) is -2.56. The molecule has 0 fully saturated rings. The molecule has 0 bridgehead atoms. The van der Waals surface area contributed by atoms with Gasteiger partial charge in [-0.25, -0.2) is 12.8 Å². The van der Waals surface area contributed by atoms with Crippen LogP contribution in [0.1, 0.15) is 11.0 Å². The number of aromatic nitrogens is 1. The summed E-state index contributed by atoms with van der Waals surface area (Å²) in [6.07, 6.45) is 1.44. The van der Waals surface area contributed by atoms with Crippen LogP contribution in [0, 0.1) is 5.82 Å². The van der Waals surface area contributed by atoms with Gasteiger partial charge in [0.2, 0.25) is 9.84 Å². The van der Waals surface area contributed by atoms with Crippen molar-refractivity contribution in [3.63, 3.8) is 0 Å². The Morgan fingerprint density at radius 1 is 1.17 bits per heavy atom. The zero-order chi connectivity index (χ0) is 16.6. The van der Waals surface area contributed by atoms with Gasteiger partial charge in [0, 0.05) is 22.7 Å². The molecule has 3 aromatic rings. The van der Waals surface area contributed by atoms with Crippen molar-refractivity contribution in [3.8, 4) is 5.75 Å². The number of methoxy groups -OCH3 is 1. The fourth-order valence-electron chi connectivity index (χ4n) is 2.37. The summed E-state index contributed by atoms with van der Waals surface area (Å²) in [5.41, 5.74) is -0.883. The molecule has 0 aliphatic carbocycles. The molecule has 120 valence electrons. The quantitative estimate of drug-likeness (QED) is 0.719. The smallest absolute Gasteiger partial charge is 0.209 e. The molecule has 0 aliphatic heterocycles. The lowest BCUT2D eigenvalue weighted by molar-refractivity contribution is 0.256. The van der Waals surface area contributed by atoms with Gasteiger partial charge in [0.25, 0.3) is 0 Å². The molecule has 0 saturated heterocycles. The molecule has 0 spiro atoms. The van der Waals surface area contributed by atoms with E-state index < -0.39 is 21.1 Å². The predicted molar refractivity (Wildman–Crippen MR) is 83.4 cm³/mol. The maximum Gasteiger partial charge on any atom is 0.209 e. The maximum atomic E-state index is 13.0. The molecule has 1 aromatic heterocycles. The number of aliphatic hydroxyl groups is 1. The molecule has 1 unspecified atom stereocenters. The zero-order valence-electron chi connectivity index (χ0n) is 12.2. The Morgan fingerprint density at radius 3 is 2.52 bits per heavy atom. The number of hydrogen-bond donors (Lipinski definition) is 2. The van der Waals surface area contributed by atoms with Crippen LogP contribution in [0.25, 0.3) is 10.9 Å². The van der Waals surface area contributed by atoms with Crippen molar-refractivity contribution in [2.75, 3.05) is 7.11 Å². The molecule has 0 radical (unpaired) electrons. The van der Waals surface area contributed by atoms with Gasteiger partial charge in [0.05, 0.1) is 12.0 Å². The molecule has 7 heteroatoms. The number of fused-ring (bicyclic) bond motifs is 1. The monoisotopic (exact) mass is 335 g/mol. The van der Waals surface area contributed by atoms with E-state index in [1.807, 2.05) is 0 Å². The number of aromatic amines is 1. The van der Waals surface area contributed by atoms with Crippen molar-refractivity contribution < 1.29 is 22.7 Å². The summed E-state index contributed by atoms with van der Waals surface area (Å²) < 4.78 is 43.1. The highest BCUT2D eigenvalue weighted by molar-refractivity contribution is 7.91. The number of rotatable bonds is 4. The lowest BCUT2D eigenvalue weighted by atomic mass is 10.2. The average molecular weight is 335 g/mol. The van der Waals surface area contributed by atoms with Gasteiger partial charge in [-0.3, -0.25) is 0 Å². The second-order valence-electron chi connectivity index (χ2n) is 5.01. The first-order valence-corrected chi connectivity index (χ1v) is 8.30. The lowest BCUT2D eigenvalue weighted by Gasteiger charge is -2.12. The second kappa shape index (κ2) is 5.68. The number of sulfone groups is 1. The van der Waals surface area contributed by atoms with Crippen molar-refractivity contribution in [3.05, 3.63) is 60.0 Å². The third-order valence-corrected chi connectivity index (χ3v) is 5.39. The number of halogens is 1. The second-order valence-corrected chi connectivity index (χ2v) is 7.01. The van der Waals surface area contributed by atoms with E-state index in [2.05, 4.69) is 4.98 Å². The van der Waals surface area contributed by atoms with Crippen molar-refractivity contribution in [2.24, 2.45) is 0 Å². The summed E-state index contributed by atoms with van der Waals surface area (Å²) in [6.45, 7) is 0. The Bertz CT molecular complexity index is 948. The van der Waals surface area contributed by atoms with E-state index in [-0.39, 0.29) is 10.5 Å². The number of aliphatic hydroxyl groups excluding tert-OH is 1. The zero-order valence-corrected chi connectivity index (χ0v) is 13.0. The van der Waals surface area contributed by atoms with Gasteiger partial charge in [0.15, 0.2) is 5.44 Å². The van der Waals surface area contributed by atoms with Crippen LogP contribution in [0.3, 0.4) is 0 Å². The van der Waals surface area contributed by atoms with Gasteiger partial charge < -0.3 is 14.8 Å². The topological polar surface area (TPSA) is 79.4 Å². The molecule has 0 amide bonds. The first-order valence-electron chi connectivity index (χ1n) is 6.76. The fraction of sp³-hybridized carbons (Fsp3) is 0.125. The van der Waals surface area contributed by atoms with E-state index in [4.69, 9.17) is 4.74 Å². The van der Waals surface area contributed by atoms with Gasteiger partial charge in [-0.05, 0) is 42.5 Å². The molecule has 0 saturated carbocycles. The van der Waals surface area contributed by atoms with Gasteiger partial charge in [0.1, 0.15) is 11.6 Å². The van der Waals surface area contributed by atoms with Crippen LogP contribution in [-0.4, -0.2) is 25.6 Å². The summed E-state index contributed by atoms with van der Waals surface area (Å²) >= 11 is 0. The molecule has 3 rings (SSSR count). The first kappa shape index (κ1) is 15.5. The molecule has 23 heavy (non-hydrogen) atoms. The molecule has 1 atom stereocenters. The summed E-state index contributed by atoms with van der Waals surface area (Å²) in [6, 6.07) is 9.44. The van der Waals surface area contributed by atoms with E-state index in [0.717, 1.165) is 24.3 Å². The molecule has 1 heterocycles. The average Bonchev–Trinajstić information content (AvgIpc) is 2.97. The van der Waals surface area contributed by atoms with Crippen LogP contribution in [0.5, 0.6) is 5.75 Å². The Morgan fingerprint density at radius 2 is 1.87 bits per heavy atom. The summed E-state index contributed by atoms with van der Waals surface area (Å²) in [4.78, 5) is 2.76. The standard InChI is InChI=1S/C16H14FNO4S/c1-22-11-4-7-15-13(8-11)14(9-18-15)16(19)23(20,21)12-5-2-10(17)3-6-12/h2-9,16,18-19H,1H3. The highest BCUT2D eigenvalue weighted by Crippen LogP contribution is 2.33.